The summed E-state index contributed by atoms with van der Waals surface area (Å²) in [6.45, 7) is 4.38. The molecule has 0 amide bonds. The minimum atomic E-state index is 0.598. The fraction of sp³-hybridized carbons (Fsp3) is 0.667. The van der Waals surface area contributed by atoms with E-state index in [1.807, 2.05) is 25.3 Å². The highest BCUT2D eigenvalue weighted by Gasteiger charge is 2.25. The molecule has 4 heteroatoms. The molecule has 0 unspecified atom stereocenters. The van der Waals surface area contributed by atoms with Crippen molar-refractivity contribution in [3.05, 3.63) is 18.3 Å². The number of anilines is 1. The van der Waals surface area contributed by atoms with Crippen molar-refractivity contribution in [2.45, 2.75) is 45.1 Å². The van der Waals surface area contributed by atoms with Gasteiger partial charge in [0, 0.05) is 18.8 Å². The van der Waals surface area contributed by atoms with E-state index in [2.05, 4.69) is 9.88 Å². The Morgan fingerprint density at radius 3 is 2.89 bits per heavy atom. The molecular weight excluding hydrogens is 238 g/mol. The second-order valence-electron chi connectivity index (χ2n) is 5.03. The SMILES string of the molecule is CCOc1cccnc1N(CCCN)C1CCCC1. The molecule has 0 aliphatic heterocycles. The van der Waals surface area contributed by atoms with Crippen LogP contribution < -0.4 is 15.4 Å². The summed E-state index contributed by atoms with van der Waals surface area (Å²) in [5, 5.41) is 0. The van der Waals surface area contributed by atoms with Gasteiger partial charge < -0.3 is 15.4 Å². The van der Waals surface area contributed by atoms with Gasteiger partial charge in [0.1, 0.15) is 0 Å². The highest BCUT2D eigenvalue weighted by atomic mass is 16.5. The maximum Gasteiger partial charge on any atom is 0.171 e. The number of hydrogen-bond acceptors (Lipinski definition) is 4. The molecule has 1 aliphatic rings. The van der Waals surface area contributed by atoms with Crippen molar-refractivity contribution in [1.29, 1.82) is 0 Å². The van der Waals surface area contributed by atoms with Crippen LogP contribution >= 0.6 is 0 Å². The monoisotopic (exact) mass is 263 g/mol. The maximum atomic E-state index is 5.72. The van der Waals surface area contributed by atoms with E-state index in [1.165, 1.54) is 25.7 Å². The quantitative estimate of drug-likeness (QED) is 0.821. The van der Waals surface area contributed by atoms with Crippen LogP contribution in [0.5, 0.6) is 5.75 Å². The van der Waals surface area contributed by atoms with E-state index in [1.54, 1.807) is 0 Å². The van der Waals surface area contributed by atoms with Gasteiger partial charge in [0.2, 0.25) is 0 Å². The smallest absolute Gasteiger partial charge is 0.171 e. The van der Waals surface area contributed by atoms with Crippen LogP contribution in [0.3, 0.4) is 0 Å². The number of nitrogens with zero attached hydrogens (tertiary/aromatic N) is 2. The van der Waals surface area contributed by atoms with E-state index in [0.29, 0.717) is 12.6 Å². The molecule has 2 rings (SSSR count). The fourth-order valence-electron chi connectivity index (χ4n) is 2.81. The molecule has 0 radical (unpaired) electrons. The molecule has 0 atom stereocenters. The second kappa shape index (κ2) is 7.34. The average Bonchev–Trinajstić information content (AvgIpc) is 2.95. The number of hydrogen-bond donors (Lipinski definition) is 1. The van der Waals surface area contributed by atoms with Gasteiger partial charge in [-0.25, -0.2) is 4.98 Å². The lowest BCUT2D eigenvalue weighted by molar-refractivity contribution is 0.337. The first kappa shape index (κ1) is 14.1. The highest BCUT2D eigenvalue weighted by Crippen LogP contribution is 2.32. The van der Waals surface area contributed by atoms with Crippen LogP contribution in [-0.4, -0.2) is 30.7 Å². The van der Waals surface area contributed by atoms with E-state index >= 15 is 0 Å². The van der Waals surface area contributed by atoms with Crippen LogP contribution in [0.4, 0.5) is 5.82 Å². The Morgan fingerprint density at radius 2 is 2.21 bits per heavy atom. The summed E-state index contributed by atoms with van der Waals surface area (Å²) < 4.78 is 5.72. The zero-order valence-electron chi connectivity index (χ0n) is 11.8. The third-order valence-corrected chi connectivity index (χ3v) is 3.69. The van der Waals surface area contributed by atoms with Crippen LogP contribution in [0.25, 0.3) is 0 Å². The molecular formula is C15H25N3O. The van der Waals surface area contributed by atoms with E-state index in [0.717, 1.165) is 31.1 Å². The Labute approximate surface area is 116 Å². The summed E-state index contributed by atoms with van der Waals surface area (Å²) in [4.78, 5) is 6.96. The van der Waals surface area contributed by atoms with Gasteiger partial charge in [0.25, 0.3) is 0 Å². The molecule has 0 saturated heterocycles. The van der Waals surface area contributed by atoms with Crippen LogP contribution in [0, 0.1) is 0 Å². The molecule has 4 nitrogen and oxygen atoms in total. The lowest BCUT2D eigenvalue weighted by Gasteiger charge is -2.31. The molecule has 1 aromatic heterocycles. The third-order valence-electron chi connectivity index (χ3n) is 3.69. The second-order valence-corrected chi connectivity index (χ2v) is 5.03. The Hall–Kier alpha value is -1.29. The third kappa shape index (κ3) is 3.60. The summed E-state index contributed by atoms with van der Waals surface area (Å²) in [5.74, 6) is 1.89. The maximum absolute atomic E-state index is 5.72. The van der Waals surface area contributed by atoms with Gasteiger partial charge in [-0.2, -0.15) is 0 Å². The summed E-state index contributed by atoms with van der Waals surface area (Å²) in [6.07, 6.45) is 8.00. The van der Waals surface area contributed by atoms with E-state index in [4.69, 9.17) is 10.5 Å². The molecule has 0 spiro atoms. The van der Waals surface area contributed by atoms with Crippen molar-refractivity contribution in [2.24, 2.45) is 5.73 Å². The lowest BCUT2D eigenvalue weighted by atomic mass is 10.2. The van der Waals surface area contributed by atoms with Gasteiger partial charge in [-0.3, -0.25) is 0 Å². The largest absolute Gasteiger partial charge is 0.490 e. The Morgan fingerprint density at radius 1 is 1.42 bits per heavy atom. The number of aromatic nitrogens is 1. The van der Waals surface area contributed by atoms with Gasteiger partial charge in [0.05, 0.1) is 6.61 Å². The molecule has 0 aromatic carbocycles. The van der Waals surface area contributed by atoms with Gasteiger partial charge >= 0.3 is 0 Å². The van der Waals surface area contributed by atoms with Crippen LogP contribution in [-0.2, 0) is 0 Å². The predicted molar refractivity (Wildman–Crippen MR) is 78.7 cm³/mol. The normalized spacial score (nSPS) is 15.7. The minimum Gasteiger partial charge on any atom is -0.490 e. The van der Waals surface area contributed by atoms with E-state index < -0.39 is 0 Å². The first-order chi connectivity index (χ1) is 9.36. The molecule has 106 valence electrons. The Kier molecular flexibility index (Phi) is 5.45. The summed E-state index contributed by atoms with van der Waals surface area (Å²) in [7, 11) is 0. The number of ether oxygens (including phenoxy) is 1. The first-order valence-corrected chi connectivity index (χ1v) is 7.41. The lowest BCUT2D eigenvalue weighted by Crippen LogP contribution is -2.36. The van der Waals surface area contributed by atoms with Gasteiger partial charge in [-0.05, 0) is 44.9 Å². The number of nitrogens with two attached hydrogens (primary N) is 1. The zero-order chi connectivity index (χ0) is 13.5. The highest BCUT2D eigenvalue weighted by molar-refractivity contribution is 5.53. The molecule has 1 fully saturated rings. The standard InChI is InChI=1S/C15H25N3O/c1-2-19-14-9-5-11-17-15(14)18(12-6-10-16)13-7-3-4-8-13/h5,9,11,13H,2-4,6-8,10,12,16H2,1H3. The van der Waals surface area contributed by atoms with Crippen LogP contribution in [0.2, 0.25) is 0 Å². The topological polar surface area (TPSA) is 51.4 Å². The Bertz CT molecular complexity index is 377. The van der Waals surface area contributed by atoms with Gasteiger partial charge in [-0.15, -0.1) is 0 Å². The summed E-state index contributed by atoms with van der Waals surface area (Å²) in [6, 6.07) is 4.54. The van der Waals surface area contributed by atoms with Crippen LogP contribution in [0.15, 0.2) is 18.3 Å². The summed E-state index contributed by atoms with van der Waals surface area (Å²) >= 11 is 0. The molecule has 1 saturated carbocycles. The van der Waals surface area contributed by atoms with Crippen molar-refractivity contribution in [3.63, 3.8) is 0 Å². The van der Waals surface area contributed by atoms with E-state index in [-0.39, 0.29) is 0 Å². The zero-order valence-corrected chi connectivity index (χ0v) is 11.8. The van der Waals surface area contributed by atoms with Gasteiger partial charge in [-0.1, -0.05) is 12.8 Å². The number of pyridine rings is 1. The summed E-state index contributed by atoms with van der Waals surface area (Å²) in [5.41, 5.74) is 5.67. The first-order valence-electron chi connectivity index (χ1n) is 7.41. The number of rotatable bonds is 7. The van der Waals surface area contributed by atoms with Crippen molar-refractivity contribution in [3.8, 4) is 5.75 Å². The molecule has 2 N–H and O–H groups in total. The van der Waals surface area contributed by atoms with Gasteiger partial charge in [0.15, 0.2) is 11.6 Å². The average molecular weight is 263 g/mol. The van der Waals surface area contributed by atoms with Crippen molar-refractivity contribution in [2.75, 3.05) is 24.6 Å². The fourth-order valence-corrected chi connectivity index (χ4v) is 2.81. The predicted octanol–water partition coefficient (Wildman–Crippen LogP) is 2.58. The Balaban J connectivity index is 2.20. The molecule has 1 heterocycles. The molecule has 1 aliphatic carbocycles. The van der Waals surface area contributed by atoms with Crippen molar-refractivity contribution < 1.29 is 4.74 Å². The van der Waals surface area contributed by atoms with Crippen molar-refractivity contribution in [1.82, 2.24) is 4.98 Å². The van der Waals surface area contributed by atoms with E-state index in [9.17, 15) is 0 Å². The van der Waals surface area contributed by atoms with Crippen molar-refractivity contribution >= 4 is 5.82 Å². The molecule has 19 heavy (non-hydrogen) atoms. The van der Waals surface area contributed by atoms with Crippen LogP contribution in [0.1, 0.15) is 39.0 Å². The molecule has 0 bridgehead atoms. The minimum absolute atomic E-state index is 0.598. The molecule has 1 aromatic rings.